The molecule has 0 aromatic heterocycles. The van der Waals surface area contributed by atoms with Gasteiger partial charge in [-0.1, -0.05) is 40.9 Å². The highest BCUT2D eigenvalue weighted by Crippen LogP contribution is 2.29. The van der Waals surface area contributed by atoms with E-state index in [9.17, 15) is 9.59 Å². The Morgan fingerprint density at radius 2 is 1.76 bits per heavy atom. The predicted octanol–water partition coefficient (Wildman–Crippen LogP) is 4.37. The first-order valence-electron chi connectivity index (χ1n) is 7.16. The number of amides is 2. The van der Waals surface area contributed by atoms with E-state index in [0.29, 0.717) is 26.5 Å². The van der Waals surface area contributed by atoms with Gasteiger partial charge in [0.1, 0.15) is 5.75 Å². The smallest absolute Gasteiger partial charge is 0.257 e. The van der Waals surface area contributed by atoms with Crippen LogP contribution in [0.2, 0.25) is 15.1 Å². The zero-order valence-electron chi connectivity index (χ0n) is 13.5. The standard InChI is InChI=1S/C17H15Cl3N2O3/c1-22(17(24)11-8-10(18)6-7-14(11)25-2)9-15(23)21-16-12(19)4-3-5-13(16)20/h3-8H,9H2,1-2H3,(H,21,23). The second kappa shape index (κ2) is 8.43. The lowest BCUT2D eigenvalue weighted by Gasteiger charge is -2.19. The highest BCUT2D eigenvalue weighted by Gasteiger charge is 2.20. The molecule has 25 heavy (non-hydrogen) atoms. The fraction of sp³-hybridized carbons (Fsp3) is 0.176. The SMILES string of the molecule is COc1ccc(Cl)cc1C(=O)N(C)CC(=O)Nc1c(Cl)cccc1Cl. The number of rotatable bonds is 5. The van der Waals surface area contributed by atoms with E-state index in [4.69, 9.17) is 39.5 Å². The Bertz CT molecular complexity index is 791. The Kier molecular flexibility index (Phi) is 6.53. The van der Waals surface area contributed by atoms with Crippen LogP contribution in [0.25, 0.3) is 0 Å². The van der Waals surface area contributed by atoms with Crippen LogP contribution in [-0.4, -0.2) is 37.4 Å². The van der Waals surface area contributed by atoms with Crippen molar-refractivity contribution in [3.63, 3.8) is 0 Å². The van der Waals surface area contributed by atoms with Crippen molar-refractivity contribution >= 4 is 52.3 Å². The summed E-state index contributed by atoms with van der Waals surface area (Å²) in [6, 6.07) is 9.57. The predicted molar refractivity (Wildman–Crippen MR) is 100 cm³/mol. The van der Waals surface area contributed by atoms with Gasteiger partial charge in [0, 0.05) is 12.1 Å². The van der Waals surface area contributed by atoms with Crippen molar-refractivity contribution in [3.05, 3.63) is 57.0 Å². The van der Waals surface area contributed by atoms with Gasteiger partial charge in [0.2, 0.25) is 5.91 Å². The minimum Gasteiger partial charge on any atom is -0.496 e. The Balaban J connectivity index is 2.11. The molecule has 0 atom stereocenters. The summed E-state index contributed by atoms with van der Waals surface area (Å²) in [5.41, 5.74) is 0.568. The Labute approximate surface area is 160 Å². The zero-order valence-corrected chi connectivity index (χ0v) is 15.7. The van der Waals surface area contributed by atoms with Crippen molar-refractivity contribution in [1.29, 1.82) is 0 Å². The molecule has 2 aromatic rings. The van der Waals surface area contributed by atoms with Crippen molar-refractivity contribution in [1.82, 2.24) is 4.90 Å². The largest absolute Gasteiger partial charge is 0.496 e. The second-order valence-corrected chi connectivity index (χ2v) is 6.40. The normalized spacial score (nSPS) is 10.3. The van der Waals surface area contributed by atoms with Gasteiger partial charge in [-0.25, -0.2) is 0 Å². The number of carbonyl (C=O) groups is 2. The molecule has 0 unspecified atom stereocenters. The number of carbonyl (C=O) groups excluding carboxylic acids is 2. The van der Waals surface area contributed by atoms with Crippen LogP contribution in [0.4, 0.5) is 5.69 Å². The molecular weight excluding hydrogens is 387 g/mol. The van der Waals surface area contributed by atoms with Crippen LogP contribution in [0.5, 0.6) is 5.75 Å². The van der Waals surface area contributed by atoms with Crippen LogP contribution >= 0.6 is 34.8 Å². The average molecular weight is 402 g/mol. The first-order valence-corrected chi connectivity index (χ1v) is 8.29. The Morgan fingerprint density at radius 1 is 1.12 bits per heavy atom. The Hall–Kier alpha value is -1.95. The number of anilines is 1. The molecule has 0 saturated carbocycles. The van der Waals surface area contributed by atoms with Crippen LogP contribution in [0, 0.1) is 0 Å². The van der Waals surface area contributed by atoms with Crippen LogP contribution < -0.4 is 10.1 Å². The van der Waals surface area contributed by atoms with Crippen molar-refractivity contribution in [2.45, 2.75) is 0 Å². The van der Waals surface area contributed by atoms with E-state index < -0.39 is 11.8 Å². The minimum absolute atomic E-state index is 0.198. The first-order chi connectivity index (χ1) is 11.8. The summed E-state index contributed by atoms with van der Waals surface area (Å²) in [4.78, 5) is 26.0. The molecule has 8 heteroatoms. The van der Waals surface area contributed by atoms with Gasteiger partial charge >= 0.3 is 0 Å². The summed E-state index contributed by atoms with van der Waals surface area (Å²) >= 11 is 18.0. The molecule has 0 radical (unpaired) electrons. The van der Waals surface area contributed by atoms with Crippen molar-refractivity contribution in [2.75, 3.05) is 26.0 Å². The zero-order chi connectivity index (χ0) is 18.6. The fourth-order valence-electron chi connectivity index (χ4n) is 2.14. The van der Waals surface area contributed by atoms with Crippen molar-refractivity contribution < 1.29 is 14.3 Å². The summed E-state index contributed by atoms with van der Waals surface area (Å²) in [5, 5.41) is 3.62. The van der Waals surface area contributed by atoms with E-state index in [1.165, 1.54) is 25.1 Å². The molecule has 1 N–H and O–H groups in total. The fourth-order valence-corrected chi connectivity index (χ4v) is 2.80. The molecule has 0 fully saturated rings. The summed E-state index contributed by atoms with van der Waals surface area (Å²) < 4.78 is 5.16. The van der Waals surface area contributed by atoms with Gasteiger partial charge < -0.3 is 15.0 Å². The van der Waals surface area contributed by atoms with Crippen LogP contribution in [0.3, 0.4) is 0 Å². The first kappa shape index (κ1) is 19.4. The molecule has 0 heterocycles. The number of hydrogen-bond acceptors (Lipinski definition) is 3. The number of halogens is 3. The van der Waals surface area contributed by atoms with Crippen LogP contribution in [0.1, 0.15) is 10.4 Å². The molecule has 0 aliphatic rings. The number of nitrogens with zero attached hydrogens (tertiary/aromatic N) is 1. The molecule has 2 amide bonds. The molecule has 0 bridgehead atoms. The lowest BCUT2D eigenvalue weighted by Crippen LogP contribution is -2.35. The van der Waals surface area contributed by atoms with Gasteiger partial charge in [0.25, 0.3) is 5.91 Å². The van der Waals surface area contributed by atoms with E-state index in [1.807, 2.05) is 0 Å². The summed E-state index contributed by atoms with van der Waals surface area (Å²) in [5.74, 6) is -0.470. The molecule has 5 nitrogen and oxygen atoms in total. The number of ether oxygens (including phenoxy) is 1. The molecular formula is C17H15Cl3N2O3. The van der Waals surface area contributed by atoms with Crippen molar-refractivity contribution in [2.24, 2.45) is 0 Å². The van der Waals surface area contributed by atoms with Crippen molar-refractivity contribution in [3.8, 4) is 5.75 Å². The second-order valence-electron chi connectivity index (χ2n) is 5.15. The molecule has 2 aromatic carbocycles. The highest BCUT2D eigenvalue weighted by atomic mass is 35.5. The van der Waals surface area contributed by atoms with Gasteiger partial charge in [-0.2, -0.15) is 0 Å². The monoisotopic (exact) mass is 400 g/mol. The van der Waals surface area contributed by atoms with E-state index in [1.54, 1.807) is 30.3 Å². The minimum atomic E-state index is -0.438. The highest BCUT2D eigenvalue weighted by molar-refractivity contribution is 6.39. The number of nitrogens with one attached hydrogen (secondary N) is 1. The lowest BCUT2D eigenvalue weighted by molar-refractivity contribution is -0.116. The molecule has 132 valence electrons. The van der Waals surface area contributed by atoms with Gasteiger partial charge in [-0.05, 0) is 30.3 Å². The number of methoxy groups -OCH3 is 1. The van der Waals surface area contributed by atoms with E-state index in [-0.39, 0.29) is 12.1 Å². The quantitative estimate of drug-likeness (QED) is 0.809. The average Bonchev–Trinajstić information content (AvgIpc) is 2.57. The third kappa shape index (κ3) is 4.78. The van der Waals surface area contributed by atoms with Crippen LogP contribution in [0.15, 0.2) is 36.4 Å². The third-order valence-corrected chi connectivity index (χ3v) is 4.21. The van der Waals surface area contributed by atoms with Gasteiger partial charge in [0.05, 0.1) is 35.0 Å². The maximum Gasteiger partial charge on any atom is 0.257 e. The van der Waals surface area contributed by atoms with Crippen LogP contribution in [-0.2, 0) is 4.79 Å². The van der Waals surface area contributed by atoms with E-state index in [0.717, 1.165) is 0 Å². The summed E-state index contributed by atoms with van der Waals surface area (Å²) in [6.07, 6.45) is 0. The van der Waals surface area contributed by atoms with Gasteiger partial charge in [-0.3, -0.25) is 9.59 Å². The molecule has 0 aliphatic carbocycles. The molecule has 0 aliphatic heterocycles. The number of hydrogen-bond donors (Lipinski definition) is 1. The summed E-state index contributed by atoms with van der Waals surface area (Å²) in [7, 11) is 2.95. The maximum absolute atomic E-state index is 12.6. The summed E-state index contributed by atoms with van der Waals surface area (Å²) in [6.45, 7) is -0.198. The third-order valence-electron chi connectivity index (χ3n) is 3.35. The molecule has 0 spiro atoms. The lowest BCUT2D eigenvalue weighted by atomic mass is 10.1. The maximum atomic E-state index is 12.6. The van der Waals surface area contributed by atoms with Gasteiger partial charge in [0.15, 0.2) is 0 Å². The topological polar surface area (TPSA) is 58.6 Å². The van der Waals surface area contributed by atoms with E-state index in [2.05, 4.69) is 5.32 Å². The van der Waals surface area contributed by atoms with Gasteiger partial charge in [-0.15, -0.1) is 0 Å². The number of benzene rings is 2. The molecule has 2 rings (SSSR count). The number of para-hydroxylation sites is 1. The molecule has 0 saturated heterocycles. The van der Waals surface area contributed by atoms with E-state index >= 15 is 0 Å². The number of likely N-dealkylation sites (N-methyl/N-ethyl adjacent to an activating group) is 1. The Morgan fingerprint density at radius 3 is 2.36 bits per heavy atom.